The summed E-state index contributed by atoms with van der Waals surface area (Å²) in [5, 5.41) is 12.4. The zero-order chi connectivity index (χ0) is 18.6. The molecule has 1 unspecified atom stereocenters. The van der Waals surface area contributed by atoms with Gasteiger partial charge in [0, 0.05) is 17.0 Å². The van der Waals surface area contributed by atoms with Crippen molar-refractivity contribution >= 4 is 11.7 Å². The number of amides is 1. The number of Topliss-reactive ketones (excluding diaryl/α,β-unsaturated/α-hetero) is 1. The number of hydrogen-bond acceptors (Lipinski definition) is 4. The molecule has 138 valence electrons. The fourth-order valence-corrected chi connectivity index (χ4v) is 3.10. The van der Waals surface area contributed by atoms with E-state index in [0.717, 1.165) is 32.4 Å². The number of rotatable bonds is 6. The summed E-state index contributed by atoms with van der Waals surface area (Å²) >= 11 is 0. The zero-order valence-electron chi connectivity index (χ0n) is 15.7. The maximum absolute atomic E-state index is 12.6. The first-order chi connectivity index (χ1) is 11.7. The number of aromatic hydroxyl groups is 1. The number of hydrogen-bond donors (Lipinski definition) is 2. The van der Waals surface area contributed by atoms with Gasteiger partial charge in [0.1, 0.15) is 5.75 Å². The Hall–Kier alpha value is -1.88. The molecule has 0 spiro atoms. The molecule has 1 fully saturated rings. The van der Waals surface area contributed by atoms with Gasteiger partial charge in [-0.25, -0.2) is 0 Å². The van der Waals surface area contributed by atoms with Gasteiger partial charge in [0.25, 0.3) is 0 Å². The second-order valence-electron chi connectivity index (χ2n) is 7.62. The topological polar surface area (TPSA) is 69.6 Å². The molecule has 0 bridgehead atoms. The van der Waals surface area contributed by atoms with Crippen molar-refractivity contribution in [2.75, 3.05) is 13.1 Å². The molecule has 2 rings (SSSR count). The van der Waals surface area contributed by atoms with Crippen LogP contribution >= 0.6 is 0 Å². The van der Waals surface area contributed by atoms with E-state index in [0.29, 0.717) is 5.56 Å². The number of likely N-dealkylation sites (tertiary alicyclic amines) is 1. The van der Waals surface area contributed by atoms with E-state index < -0.39 is 0 Å². The Bertz CT molecular complexity index is 602. The lowest BCUT2D eigenvalue weighted by Gasteiger charge is -2.36. The van der Waals surface area contributed by atoms with Crippen LogP contribution in [0.5, 0.6) is 5.75 Å². The summed E-state index contributed by atoms with van der Waals surface area (Å²) in [6.45, 7) is 9.54. The van der Waals surface area contributed by atoms with Crippen LogP contribution in [-0.2, 0) is 4.79 Å². The first-order valence-electron chi connectivity index (χ1n) is 9.13. The number of phenols is 1. The van der Waals surface area contributed by atoms with E-state index in [1.165, 1.54) is 0 Å². The minimum Gasteiger partial charge on any atom is -0.508 e. The summed E-state index contributed by atoms with van der Waals surface area (Å²) in [6, 6.07) is 6.25. The van der Waals surface area contributed by atoms with Crippen LogP contribution in [0.4, 0.5) is 0 Å². The number of phenolic OH excluding ortho intramolecular Hbond substituents is 1. The van der Waals surface area contributed by atoms with Crippen LogP contribution in [0.25, 0.3) is 0 Å². The quantitative estimate of drug-likeness (QED) is 0.777. The Morgan fingerprint density at radius 1 is 1.24 bits per heavy atom. The van der Waals surface area contributed by atoms with Gasteiger partial charge in [-0.2, -0.15) is 0 Å². The fraction of sp³-hybridized carbons (Fsp3) is 0.600. The summed E-state index contributed by atoms with van der Waals surface area (Å²) in [5.41, 5.74) is 0.449. The van der Waals surface area contributed by atoms with Crippen molar-refractivity contribution in [1.82, 2.24) is 10.2 Å². The number of carbonyl (C=O) groups excluding carboxylic acids is 2. The van der Waals surface area contributed by atoms with E-state index in [2.05, 4.69) is 17.1 Å². The number of nitrogens with one attached hydrogen (secondary N) is 1. The van der Waals surface area contributed by atoms with Crippen LogP contribution in [0.15, 0.2) is 24.3 Å². The highest BCUT2D eigenvalue weighted by Crippen LogP contribution is 2.24. The SMILES string of the molecule is CCC(C)(C)NC(=O)C(C)N1CCC(C(=O)c2ccc(O)cc2)CC1. The van der Waals surface area contributed by atoms with Crippen molar-refractivity contribution in [3.05, 3.63) is 29.8 Å². The second kappa shape index (κ2) is 8.00. The Morgan fingerprint density at radius 3 is 2.32 bits per heavy atom. The molecule has 1 aliphatic rings. The fourth-order valence-electron chi connectivity index (χ4n) is 3.10. The molecule has 2 N–H and O–H groups in total. The van der Waals surface area contributed by atoms with Crippen LogP contribution in [0, 0.1) is 5.92 Å². The Morgan fingerprint density at radius 2 is 1.80 bits per heavy atom. The van der Waals surface area contributed by atoms with Crippen LogP contribution < -0.4 is 5.32 Å². The van der Waals surface area contributed by atoms with Gasteiger partial charge in [-0.05, 0) is 77.4 Å². The first kappa shape index (κ1) is 19.4. The van der Waals surface area contributed by atoms with Crippen molar-refractivity contribution in [2.24, 2.45) is 5.92 Å². The smallest absolute Gasteiger partial charge is 0.237 e. The van der Waals surface area contributed by atoms with Crippen molar-refractivity contribution in [2.45, 2.75) is 58.5 Å². The molecule has 1 atom stereocenters. The summed E-state index contributed by atoms with van der Waals surface area (Å²) in [6.07, 6.45) is 2.40. The molecular formula is C20H30N2O3. The van der Waals surface area contributed by atoms with Gasteiger partial charge in [0.05, 0.1) is 6.04 Å². The molecule has 25 heavy (non-hydrogen) atoms. The highest BCUT2D eigenvalue weighted by molar-refractivity contribution is 5.98. The molecule has 5 nitrogen and oxygen atoms in total. The van der Waals surface area contributed by atoms with Gasteiger partial charge in [0.15, 0.2) is 5.78 Å². The molecular weight excluding hydrogens is 316 g/mol. The third-order valence-corrected chi connectivity index (χ3v) is 5.32. The van der Waals surface area contributed by atoms with Gasteiger partial charge < -0.3 is 10.4 Å². The molecule has 1 aromatic rings. The van der Waals surface area contributed by atoms with Crippen molar-refractivity contribution in [3.63, 3.8) is 0 Å². The molecule has 1 aromatic carbocycles. The third-order valence-electron chi connectivity index (χ3n) is 5.32. The first-order valence-corrected chi connectivity index (χ1v) is 9.13. The van der Waals surface area contributed by atoms with Crippen molar-refractivity contribution < 1.29 is 14.7 Å². The van der Waals surface area contributed by atoms with Gasteiger partial charge in [-0.3, -0.25) is 14.5 Å². The minimum absolute atomic E-state index is 0.0110. The van der Waals surface area contributed by atoms with Gasteiger partial charge >= 0.3 is 0 Å². The lowest BCUT2D eigenvalue weighted by atomic mass is 9.88. The van der Waals surface area contributed by atoms with E-state index in [1.54, 1.807) is 24.3 Å². The molecule has 0 aliphatic carbocycles. The predicted molar refractivity (Wildman–Crippen MR) is 98.7 cm³/mol. The minimum atomic E-state index is -0.196. The maximum atomic E-state index is 12.6. The van der Waals surface area contributed by atoms with E-state index in [1.807, 2.05) is 20.8 Å². The maximum Gasteiger partial charge on any atom is 0.237 e. The molecule has 0 aromatic heterocycles. The Balaban J connectivity index is 1.89. The van der Waals surface area contributed by atoms with Crippen LogP contribution in [-0.4, -0.2) is 46.4 Å². The average molecular weight is 346 g/mol. The van der Waals surface area contributed by atoms with Gasteiger partial charge in [-0.15, -0.1) is 0 Å². The van der Waals surface area contributed by atoms with Crippen LogP contribution in [0.3, 0.4) is 0 Å². The zero-order valence-corrected chi connectivity index (χ0v) is 15.7. The van der Waals surface area contributed by atoms with Gasteiger partial charge in [0.2, 0.25) is 5.91 Å². The third kappa shape index (κ3) is 5.05. The molecule has 0 radical (unpaired) electrons. The number of carbonyl (C=O) groups is 2. The predicted octanol–water partition coefficient (Wildman–Crippen LogP) is 2.98. The normalized spacial score (nSPS) is 17.9. The Kier molecular flexibility index (Phi) is 6.22. The summed E-state index contributed by atoms with van der Waals surface area (Å²) < 4.78 is 0. The number of nitrogens with zero attached hydrogens (tertiary/aromatic N) is 1. The highest BCUT2D eigenvalue weighted by Gasteiger charge is 2.31. The van der Waals surface area contributed by atoms with E-state index in [4.69, 9.17) is 0 Å². The lowest BCUT2D eigenvalue weighted by molar-refractivity contribution is -0.128. The van der Waals surface area contributed by atoms with Crippen LogP contribution in [0.1, 0.15) is 57.3 Å². The van der Waals surface area contributed by atoms with Crippen molar-refractivity contribution in [1.29, 1.82) is 0 Å². The Labute approximate surface area is 150 Å². The van der Waals surface area contributed by atoms with Crippen molar-refractivity contribution in [3.8, 4) is 5.75 Å². The largest absolute Gasteiger partial charge is 0.508 e. The molecule has 1 aliphatic heterocycles. The van der Waals surface area contributed by atoms with E-state index >= 15 is 0 Å². The number of ketones is 1. The summed E-state index contributed by atoms with van der Waals surface area (Å²) in [7, 11) is 0. The molecule has 1 saturated heterocycles. The molecule has 1 amide bonds. The molecule has 5 heteroatoms. The second-order valence-corrected chi connectivity index (χ2v) is 7.62. The number of piperidine rings is 1. The van der Waals surface area contributed by atoms with Crippen LogP contribution in [0.2, 0.25) is 0 Å². The molecule has 0 saturated carbocycles. The number of benzene rings is 1. The standard InChI is InChI=1S/C20H30N2O3/c1-5-20(3,4)21-19(25)14(2)22-12-10-16(11-13-22)18(24)15-6-8-17(23)9-7-15/h6-9,14,16,23H,5,10-13H2,1-4H3,(H,21,25). The van der Waals surface area contributed by atoms with E-state index in [-0.39, 0.29) is 34.9 Å². The average Bonchev–Trinajstić information content (AvgIpc) is 2.61. The monoisotopic (exact) mass is 346 g/mol. The van der Waals surface area contributed by atoms with Gasteiger partial charge in [-0.1, -0.05) is 6.92 Å². The summed E-state index contributed by atoms with van der Waals surface area (Å²) in [4.78, 5) is 27.2. The van der Waals surface area contributed by atoms with E-state index in [9.17, 15) is 14.7 Å². The lowest BCUT2D eigenvalue weighted by Crippen LogP contribution is -2.53. The highest BCUT2D eigenvalue weighted by atomic mass is 16.3. The molecule has 1 heterocycles. The summed E-state index contributed by atoms with van der Waals surface area (Å²) in [5.74, 6) is 0.336.